The largest absolute Gasteiger partial charge is 0.479 e. The van der Waals surface area contributed by atoms with E-state index in [0.717, 1.165) is 50.7 Å². The predicted molar refractivity (Wildman–Crippen MR) is 208 cm³/mol. The Morgan fingerprint density at radius 3 is 2.49 bits per heavy atom. The molecule has 3 spiro atoms. The van der Waals surface area contributed by atoms with E-state index in [1.165, 1.54) is 6.92 Å². The van der Waals surface area contributed by atoms with Crippen LogP contribution in [0.1, 0.15) is 125 Å². The monoisotopic (exact) mass is 804 g/mol. The van der Waals surface area contributed by atoms with Crippen molar-refractivity contribution < 1.29 is 63.5 Å². The van der Waals surface area contributed by atoms with Crippen LogP contribution < -0.4 is 0 Å². The van der Waals surface area contributed by atoms with Crippen LogP contribution in [0.25, 0.3) is 0 Å². The first-order valence-corrected chi connectivity index (χ1v) is 21.7. The number of hydrogen-bond donors (Lipinski definition) is 5. The number of carboxylic acids is 1. The van der Waals surface area contributed by atoms with E-state index in [2.05, 4.69) is 26.5 Å². The number of aliphatic hydroxyl groups excluding tert-OH is 3. The predicted octanol–water partition coefficient (Wildman–Crippen LogP) is 5.21. The minimum Gasteiger partial charge on any atom is -0.479 e. The van der Waals surface area contributed by atoms with Gasteiger partial charge < -0.3 is 58.7 Å². The van der Waals surface area contributed by atoms with Crippen molar-refractivity contribution >= 4 is 5.97 Å². The molecule has 6 fully saturated rings. The van der Waals surface area contributed by atoms with E-state index in [4.69, 9.17) is 33.2 Å². The molecule has 7 rings (SSSR count). The van der Waals surface area contributed by atoms with Gasteiger partial charge in [0.25, 0.3) is 0 Å². The third-order valence-corrected chi connectivity index (χ3v) is 14.0. The number of fused-ring (bicyclic) bond motifs is 1. The van der Waals surface area contributed by atoms with E-state index < -0.39 is 71.7 Å². The van der Waals surface area contributed by atoms with Crippen molar-refractivity contribution in [1.82, 2.24) is 0 Å². The molecule has 57 heavy (non-hydrogen) atoms. The second-order valence-corrected chi connectivity index (χ2v) is 18.9. The normalized spacial score (nSPS) is 45.4. The van der Waals surface area contributed by atoms with E-state index in [-0.39, 0.29) is 36.6 Å². The molecule has 322 valence electrons. The molecule has 2 unspecified atom stereocenters. The first kappa shape index (κ1) is 43.3. The summed E-state index contributed by atoms with van der Waals surface area (Å²) in [7, 11) is 0. The van der Waals surface area contributed by atoms with Crippen LogP contribution in [-0.2, 0) is 38.0 Å². The third kappa shape index (κ3) is 9.15. The lowest BCUT2D eigenvalue weighted by atomic mass is 9.79. The first-order chi connectivity index (χ1) is 26.9. The van der Waals surface area contributed by atoms with Crippen molar-refractivity contribution in [2.75, 3.05) is 6.61 Å². The Labute approximate surface area is 337 Å². The minimum atomic E-state index is -1.96. The van der Waals surface area contributed by atoms with Gasteiger partial charge in [0.1, 0.15) is 24.4 Å². The van der Waals surface area contributed by atoms with Crippen LogP contribution in [0.3, 0.4) is 0 Å². The van der Waals surface area contributed by atoms with Crippen molar-refractivity contribution in [2.24, 2.45) is 17.8 Å². The maximum Gasteiger partial charge on any atom is 0.335 e. The molecule has 13 nitrogen and oxygen atoms in total. The molecule has 7 aliphatic rings. The molecule has 7 heterocycles. The Hall–Kier alpha value is -1.75. The van der Waals surface area contributed by atoms with Gasteiger partial charge in [-0.3, -0.25) is 0 Å². The summed E-state index contributed by atoms with van der Waals surface area (Å²) >= 11 is 0. The van der Waals surface area contributed by atoms with Crippen molar-refractivity contribution in [3.63, 3.8) is 0 Å². The van der Waals surface area contributed by atoms with Gasteiger partial charge in [-0.2, -0.15) is 0 Å². The number of ether oxygens (including phenoxy) is 7. The molecule has 0 radical (unpaired) electrons. The number of hydrogen-bond acceptors (Lipinski definition) is 12. The lowest BCUT2D eigenvalue weighted by Crippen LogP contribution is -2.60. The molecule has 0 amide bonds. The summed E-state index contributed by atoms with van der Waals surface area (Å²) in [6, 6.07) is 0. The summed E-state index contributed by atoms with van der Waals surface area (Å²) in [6.45, 7) is 14.5. The zero-order valence-electron chi connectivity index (χ0n) is 34.6. The van der Waals surface area contributed by atoms with Gasteiger partial charge in [0, 0.05) is 38.0 Å². The highest BCUT2D eigenvalue weighted by Gasteiger charge is 2.55. The second-order valence-electron chi connectivity index (χ2n) is 18.9. The molecule has 0 aliphatic carbocycles. The number of aliphatic carboxylic acids is 1. The van der Waals surface area contributed by atoms with Gasteiger partial charge in [-0.25, -0.2) is 4.79 Å². The fourth-order valence-electron chi connectivity index (χ4n) is 10.5. The number of carbonyl (C=O) groups is 1. The van der Waals surface area contributed by atoms with E-state index in [9.17, 15) is 30.3 Å². The SMILES string of the molecule is C=C1[C@@H](O)[C@@H]2O[C@]3(CC[C@H](/C=C/[C@@H](C)[C@@H]4CC(C)=C[C@@]5(OC(CC(C)(O)C(=O)O)CC[C@H]5O)O4)O3)CC[C@H]2O[C@@H]1[C@@H](O)C[C@H](C)[C@H]1O[C@@]2(CCCCO2)CC[C@H]1C. The van der Waals surface area contributed by atoms with Gasteiger partial charge in [-0.05, 0) is 95.1 Å². The summed E-state index contributed by atoms with van der Waals surface area (Å²) in [5.41, 5.74) is -0.551. The molecule has 0 saturated carbocycles. The van der Waals surface area contributed by atoms with Crippen LogP contribution in [0, 0.1) is 17.8 Å². The molecule has 13 heteroatoms. The van der Waals surface area contributed by atoms with Gasteiger partial charge in [-0.1, -0.05) is 45.1 Å². The summed E-state index contributed by atoms with van der Waals surface area (Å²) in [5, 5.41) is 54.0. The van der Waals surface area contributed by atoms with Gasteiger partial charge in [0.15, 0.2) is 17.2 Å². The maximum absolute atomic E-state index is 11.6. The van der Waals surface area contributed by atoms with Crippen LogP contribution >= 0.6 is 0 Å². The Kier molecular flexibility index (Phi) is 12.9. The average molecular weight is 805 g/mol. The van der Waals surface area contributed by atoms with E-state index >= 15 is 0 Å². The zero-order chi connectivity index (χ0) is 40.9. The highest BCUT2D eigenvalue weighted by atomic mass is 16.7. The standard InChI is InChI=1S/C44H68O13/c1-25-21-34(55-44(23-25)35(46)12-11-31(54-44)24-41(6,50)40(48)49)26(2)9-10-30-14-18-43(53-30)19-15-33-39(57-43)36(47)29(5)38(52-33)32(45)22-28(4)37-27(3)13-17-42(56-37)16-7-8-20-51-42/h9-10,23,26-28,30-39,45-47,50H,5,7-8,11-22,24H2,1-4,6H3,(H,48,49)/b10-9+/t26-,27-,28+,30+,31?,32+,33-,34+,35-,36-,37+,38+,39-,41?,42+,43-,44-/m1/s1. The minimum absolute atomic E-state index is 0.0423. The average Bonchev–Trinajstić information content (AvgIpc) is 3.56. The van der Waals surface area contributed by atoms with Crippen molar-refractivity contribution in [2.45, 2.75) is 209 Å². The van der Waals surface area contributed by atoms with Crippen LogP contribution in [-0.4, -0.2) is 122 Å². The molecule has 5 N–H and O–H groups in total. The lowest BCUT2D eigenvalue weighted by molar-refractivity contribution is -0.321. The van der Waals surface area contributed by atoms with E-state index in [0.29, 0.717) is 56.4 Å². The number of aliphatic hydroxyl groups is 4. The maximum atomic E-state index is 11.6. The highest BCUT2D eigenvalue weighted by Crippen LogP contribution is 2.47. The molecular weight excluding hydrogens is 736 g/mol. The van der Waals surface area contributed by atoms with Crippen LogP contribution in [0.5, 0.6) is 0 Å². The molecule has 17 atom stereocenters. The van der Waals surface area contributed by atoms with Gasteiger partial charge in [0.05, 0.1) is 43.2 Å². The number of rotatable bonds is 10. The smallest absolute Gasteiger partial charge is 0.335 e. The van der Waals surface area contributed by atoms with Crippen LogP contribution in [0.2, 0.25) is 0 Å². The molecular formula is C44H68O13. The first-order valence-electron chi connectivity index (χ1n) is 21.7. The summed E-state index contributed by atoms with van der Waals surface area (Å²) in [6.07, 6.45) is 9.37. The molecule has 6 saturated heterocycles. The molecule has 0 bridgehead atoms. The van der Waals surface area contributed by atoms with Crippen LogP contribution in [0.15, 0.2) is 36.0 Å². The molecule has 0 aromatic rings. The Morgan fingerprint density at radius 2 is 1.75 bits per heavy atom. The van der Waals surface area contributed by atoms with Gasteiger partial charge in [-0.15, -0.1) is 0 Å². The second kappa shape index (κ2) is 17.0. The summed E-state index contributed by atoms with van der Waals surface area (Å²) in [5.74, 6) is -3.82. The number of carboxylic acid groups (broad SMARTS) is 1. The molecule has 0 aromatic carbocycles. The van der Waals surface area contributed by atoms with Crippen LogP contribution in [0.4, 0.5) is 0 Å². The zero-order valence-corrected chi connectivity index (χ0v) is 34.6. The van der Waals surface area contributed by atoms with Crippen molar-refractivity contribution in [3.8, 4) is 0 Å². The highest BCUT2D eigenvalue weighted by molar-refractivity contribution is 5.76. The van der Waals surface area contributed by atoms with E-state index in [1.54, 1.807) is 6.08 Å². The fourth-order valence-corrected chi connectivity index (χ4v) is 10.5. The lowest BCUT2D eigenvalue weighted by Gasteiger charge is -2.50. The van der Waals surface area contributed by atoms with Crippen molar-refractivity contribution in [3.05, 3.63) is 36.0 Å². The van der Waals surface area contributed by atoms with Gasteiger partial charge in [0.2, 0.25) is 5.79 Å². The Morgan fingerprint density at radius 1 is 1.00 bits per heavy atom. The molecule has 7 aliphatic heterocycles. The summed E-state index contributed by atoms with van der Waals surface area (Å²) in [4.78, 5) is 11.6. The third-order valence-electron chi connectivity index (χ3n) is 14.0. The van der Waals surface area contributed by atoms with E-state index in [1.807, 2.05) is 19.9 Å². The Balaban J connectivity index is 0.920. The van der Waals surface area contributed by atoms with Gasteiger partial charge >= 0.3 is 5.97 Å². The topological polar surface area (TPSA) is 183 Å². The summed E-state index contributed by atoms with van der Waals surface area (Å²) < 4.78 is 45.2. The van der Waals surface area contributed by atoms with Crippen molar-refractivity contribution in [1.29, 1.82) is 0 Å². The Bertz CT molecular complexity index is 1510. The quantitative estimate of drug-likeness (QED) is 0.182. The molecule has 0 aromatic heterocycles. The fraction of sp³-hybridized carbons (Fsp3) is 0.841.